The molecule has 5 nitrogen and oxygen atoms in total. The highest BCUT2D eigenvalue weighted by molar-refractivity contribution is 4.85. The van der Waals surface area contributed by atoms with Crippen LogP contribution in [0.3, 0.4) is 0 Å². The van der Waals surface area contributed by atoms with E-state index in [0.29, 0.717) is 30.9 Å². The molecule has 1 aromatic heterocycles. The van der Waals surface area contributed by atoms with Gasteiger partial charge in [-0.25, -0.2) is 0 Å². The summed E-state index contributed by atoms with van der Waals surface area (Å²) in [5, 5.41) is 16.7. The van der Waals surface area contributed by atoms with Gasteiger partial charge in [0.05, 0.1) is 13.2 Å². The van der Waals surface area contributed by atoms with Crippen LogP contribution < -0.4 is 0 Å². The maximum absolute atomic E-state index is 8.98. The number of hydrogen-bond acceptors (Lipinski definition) is 5. The largest absolute Gasteiger partial charge is 0.424 e. The number of aliphatic hydroxyl groups excluding tert-OH is 1. The third-order valence-corrected chi connectivity index (χ3v) is 2.88. The van der Waals surface area contributed by atoms with Crippen molar-refractivity contribution in [2.45, 2.75) is 38.8 Å². The molecule has 1 fully saturated rings. The molecule has 5 heteroatoms. The number of aliphatic hydroxyl groups is 1. The minimum atomic E-state index is 0.184. The number of rotatable bonds is 5. The summed E-state index contributed by atoms with van der Waals surface area (Å²) < 4.78 is 5.33. The van der Waals surface area contributed by atoms with Crippen LogP contribution in [0.15, 0.2) is 4.42 Å². The van der Waals surface area contributed by atoms with Gasteiger partial charge in [0.15, 0.2) is 0 Å². The lowest BCUT2D eigenvalue weighted by atomic mass is 9.91. The highest BCUT2D eigenvalue weighted by Gasteiger charge is 2.25. The van der Waals surface area contributed by atoms with Crippen molar-refractivity contribution in [2.24, 2.45) is 0 Å². The monoisotopic (exact) mass is 211 g/mol. The van der Waals surface area contributed by atoms with Crippen LogP contribution >= 0.6 is 0 Å². The number of aryl methyl sites for hydroxylation is 1. The average Bonchev–Trinajstić information content (AvgIpc) is 2.48. The summed E-state index contributed by atoms with van der Waals surface area (Å²) in [7, 11) is 0. The average molecular weight is 211 g/mol. The minimum absolute atomic E-state index is 0.184. The van der Waals surface area contributed by atoms with Gasteiger partial charge < -0.3 is 9.52 Å². The molecule has 0 unspecified atom stereocenters. The van der Waals surface area contributed by atoms with Crippen molar-refractivity contribution < 1.29 is 9.52 Å². The molecule has 0 spiro atoms. The normalized spacial score (nSPS) is 17.0. The lowest BCUT2D eigenvalue weighted by molar-refractivity contribution is 0.0858. The second kappa shape index (κ2) is 4.72. The highest BCUT2D eigenvalue weighted by Crippen LogP contribution is 2.25. The summed E-state index contributed by atoms with van der Waals surface area (Å²) >= 11 is 0. The van der Waals surface area contributed by atoms with E-state index in [0.717, 1.165) is 0 Å². The SMILES string of the molecule is Cc1nnc(CN(CCO)C2CCC2)o1. The van der Waals surface area contributed by atoms with Crippen LogP contribution in [0.4, 0.5) is 0 Å². The molecule has 0 aromatic carbocycles. The second-order valence-corrected chi connectivity index (χ2v) is 3.99. The van der Waals surface area contributed by atoms with Crippen LogP contribution in [0.1, 0.15) is 31.0 Å². The van der Waals surface area contributed by atoms with E-state index in [1.165, 1.54) is 19.3 Å². The molecule has 0 amide bonds. The van der Waals surface area contributed by atoms with Crippen LogP contribution in [0.25, 0.3) is 0 Å². The molecule has 0 saturated heterocycles. The smallest absolute Gasteiger partial charge is 0.230 e. The molecule has 1 heterocycles. The van der Waals surface area contributed by atoms with Crippen LogP contribution in [0.5, 0.6) is 0 Å². The molecular formula is C10H17N3O2. The van der Waals surface area contributed by atoms with Gasteiger partial charge in [0.2, 0.25) is 11.8 Å². The Morgan fingerprint density at radius 1 is 1.47 bits per heavy atom. The Kier molecular flexibility index (Phi) is 3.33. The molecule has 0 radical (unpaired) electrons. The quantitative estimate of drug-likeness (QED) is 0.777. The van der Waals surface area contributed by atoms with Crippen LogP contribution in [-0.4, -0.2) is 39.4 Å². The lowest BCUT2D eigenvalue weighted by Crippen LogP contribution is -2.41. The summed E-state index contributed by atoms with van der Waals surface area (Å²) in [6.45, 7) is 3.32. The summed E-state index contributed by atoms with van der Waals surface area (Å²) in [6.07, 6.45) is 3.72. The molecule has 1 aliphatic carbocycles. The van der Waals surface area contributed by atoms with E-state index < -0.39 is 0 Å². The maximum atomic E-state index is 8.98. The van der Waals surface area contributed by atoms with Crippen molar-refractivity contribution in [1.29, 1.82) is 0 Å². The fourth-order valence-electron chi connectivity index (χ4n) is 1.85. The van der Waals surface area contributed by atoms with E-state index in [2.05, 4.69) is 15.1 Å². The third kappa shape index (κ3) is 2.54. The molecular weight excluding hydrogens is 194 g/mol. The van der Waals surface area contributed by atoms with Crippen molar-refractivity contribution in [3.8, 4) is 0 Å². The molecule has 1 aliphatic rings. The van der Waals surface area contributed by atoms with Crippen LogP contribution in [-0.2, 0) is 6.54 Å². The molecule has 1 saturated carbocycles. The first-order chi connectivity index (χ1) is 7.29. The van der Waals surface area contributed by atoms with Crippen molar-refractivity contribution >= 4 is 0 Å². The lowest BCUT2D eigenvalue weighted by Gasteiger charge is -2.36. The summed E-state index contributed by atoms with van der Waals surface area (Å²) in [5.41, 5.74) is 0. The van der Waals surface area contributed by atoms with E-state index in [9.17, 15) is 0 Å². The van der Waals surface area contributed by atoms with E-state index in [-0.39, 0.29) is 6.61 Å². The van der Waals surface area contributed by atoms with E-state index in [4.69, 9.17) is 9.52 Å². The van der Waals surface area contributed by atoms with E-state index in [1.807, 2.05) is 0 Å². The standard InChI is InChI=1S/C10H17N3O2/c1-8-11-12-10(15-8)7-13(5-6-14)9-3-2-4-9/h9,14H,2-7H2,1H3. The summed E-state index contributed by atoms with van der Waals surface area (Å²) in [6, 6.07) is 0.587. The van der Waals surface area contributed by atoms with Crippen molar-refractivity contribution in [3.63, 3.8) is 0 Å². The Labute approximate surface area is 89.1 Å². The van der Waals surface area contributed by atoms with Gasteiger partial charge in [-0.3, -0.25) is 4.90 Å². The van der Waals surface area contributed by atoms with Gasteiger partial charge in [0.1, 0.15) is 0 Å². The van der Waals surface area contributed by atoms with Crippen LogP contribution in [0, 0.1) is 6.92 Å². The zero-order valence-corrected chi connectivity index (χ0v) is 9.02. The maximum Gasteiger partial charge on any atom is 0.230 e. The molecule has 1 N–H and O–H groups in total. The highest BCUT2D eigenvalue weighted by atomic mass is 16.4. The van der Waals surface area contributed by atoms with Crippen molar-refractivity contribution in [3.05, 3.63) is 11.8 Å². The Hall–Kier alpha value is -0.940. The predicted molar refractivity (Wildman–Crippen MR) is 54.2 cm³/mol. The summed E-state index contributed by atoms with van der Waals surface area (Å²) in [4.78, 5) is 2.22. The van der Waals surface area contributed by atoms with Gasteiger partial charge in [0.25, 0.3) is 0 Å². The van der Waals surface area contributed by atoms with Crippen LogP contribution in [0.2, 0.25) is 0 Å². The molecule has 0 aliphatic heterocycles. The van der Waals surface area contributed by atoms with E-state index in [1.54, 1.807) is 6.92 Å². The zero-order valence-electron chi connectivity index (χ0n) is 9.02. The van der Waals surface area contributed by atoms with Gasteiger partial charge >= 0.3 is 0 Å². The van der Waals surface area contributed by atoms with Gasteiger partial charge in [-0.15, -0.1) is 10.2 Å². The molecule has 2 rings (SSSR count). The predicted octanol–water partition coefficient (Wildman–Crippen LogP) is 0.725. The number of nitrogens with zero attached hydrogens (tertiary/aromatic N) is 3. The Bertz CT molecular complexity index is 309. The first kappa shape index (κ1) is 10.6. The molecule has 0 atom stereocenters. The molecule has 15 heavy (non-hydrogen) atoms. The topological polar surface area (TPSA) is 62.4 Å². The first-order valence-electron chi connectivity index (χ1n) is 5.43. The fraction of sp³-hybridized carbons (Fsp3) is 0.800. The Morgan fingerprint density at radius 3 is 2.73 bits per heavy atom. The number of hydrogen-bond donors (Lipinski definition) is 1. The molecule has 84 valence electrons. The molecule has 0 bridgehead atoms. The first-order valence-corrected chi connectivity index (χ1v) is 5.43. The fourth-order valence-corrected chi connectivity index (χ4v) is 1.85. The molecule has 1 aromatic rings. The van der Waals surface area contributed by atoms with Gasteiger partial charge in [-0.1, -0.05) is 6.42 Å². The van der Waals surface area contributed by atoms with Gasteiger partial charge in [0, 0.05) is 19.5 Å². The van der Waals surface area contributed by atoms with Gasteiger partial charge in [-0.05, 0) is 12.8 Å². The number of aromatic nitrogens is 2. The minimum Gasteiger partial charge on any atom is -0.424 e. The van der Waals surface area contributed by atoms with Gasteiger partial charge in [-0.2, -0.15) is 0 Å². The Balaban J connectivity index is 1.93. The van der Waals surface area contributed by atoms with Crippen molar-refractivity contribution in [2.75, 3.05) is 13.2 Å². The van der Waals surface area contributed by atoms with E-state index >= 15 is 0 Å². The Morgan fingerprint density at radius 2 is 2.27 bits per heavy atom. The van der Waals surface area contributed by atoms with Crippen molar-refractivity contribution in [1.82, 2.24) is 15.1 Å². The zero-order chi connectivity index (χ0) is 10.7. The summed E-state index contributed by atoms with van der Waals surface area (Å²) in [5.74, 6) is 1.25. The third-order valence-electron chi connectivity index (χ3n) is 2.88. The second-order valence-electron chi connectivity index (χ2n) is 3.99.